The summed E-state index contributed by atoms with van der Waals surface area (Å²) in [5.41, 5.74) is 3.46. The molecule has 9 heteroatoms. The van der Waals surface area contributed by atoms with Crippen LogP contribution in [0.2, 0.25) is 0 Å². The Balaban J connectivity index is 1.53. The van der Waals surface area contributed by atoms with Crippen LogP contribution in [0.4, 0.5) is 20.6 Å². The van der Waals surface area contributed by atoms with Crippen LogP contribution in [0.5, 0.6) is 0 Å². The van der Waals surface area contributed by atoms with Crippen LogP contribution in [0.15, 0.2) is 71.2 Å². The summed E-state index contributed by atoms with van der Waals surface area (Å²) in [6.07, 6.45) is 5.94. The van der Waals surface area contributed by atoms with Gasteiger partial charge in [0, 0.05) is 28.0 Å². The highest BCUT2D eigenvalue weighted by atomic mass is 79.9. The van der Waals surface area contributed by atoms with E-state index in [0.29, 0.717) is 27.3 Å². The average molecular weight is 596 g/mol. The van der Waals surface area contributed by atoms with E-state index in [1.54, 1.807) is 35.2 Å². The number of hydrogen-bond acceptors (Lipinski definition) is 3. The molecule has 1 saturated carbocycles. The Hall–Kier alpha value is -3.72. The highest BCUT2D eigenvalue weighted by Gasteiger charge is 2.20. The van der Waals surface area contributed by atoms with Crippen LogP contribution in [-0.4, -0.2) is 29.6 Å². The van der Waals surface area contributed by atoms with Crippen LogP contribution >= 0.6 is 15.9 Å². The number of carbonyl (C=O) groups is 3. The number of amides is 3. The van der Waals surface area contributed by atoms with E-state index < -0.39 is 17.8 Å². The third kappa shape index (κ3) is 8.13. The highest BCUT2D eigenvalue weighted by molar-refractivity contribution is 9.10. The van der Waals surface area contributed by atoms with Crippen molar-refractivity contribution < 1.29 is 23.9 Å². The standard InChI is InChI=1S/C30H31BrFN3O4/c31-24-16-25(32)18-26(17-24)34-30(39)35(27-12-10-22(11-13-27)21-4-2-1-3-5-21)19-20-6-8-23(9-7-20)29(38)33-15-14-28(36)37/h6-13,16-18,21H,1-5,14-15,19H2,(H,33,38)(H,34,39)(H,36,37). The molecule has 1 aliphatic carbocycles. The first-order valence-electron chi connectivity index (χ1n) is 13.0. The molecule has 0 heterocycles. The molecule has 0 aliphatic heterocycles. The third-order valence-corrected chi connectivity index (χ3v) is 7.28. The summed E-state index contributed by atoms with van der Waals surface area (Å²) < 4.78 is 14.4. The predicted octanol–water partition coefficient (Wildman–Crippen LogP) is 7.08. The molecule has 1 aliphatic rings. The van der Waals surface area contributed by atoms with Crippen molar-refractivity contribution in [3.05, 3.63) is 93.7 Å². The fraction of sp³-hybridized carbons (Fsp3) is 0.300. The lowest BCUT2D eigenvalue weighted by Gasteiger charge is -2.26. The molecule has 204 valence electrons. The zero-order valence-electron chi connectivity index (χ0n) is 21.5. The topological polar surface area (TPSA) is 98.7 Å². The van der Waals surface area contributed by atoms with E-state index in [9.17, 15) is 18.8 Å². The summed E-state index contributed by atoms with van der Waals surface area (Å²) in [5.74, 6) is -1.29. The Bertz CT molecular complexity index is 1290. The van der Waals surface area contributed by atoms with Gasteiger partial charge in [-0.3, -0.25) is 14.5 Å². The summed E-state index contributed by atoms with van der Waals surface area (Å²) in [7, 11) is 0. The summed E-state index contributed by atoms with van der Waals surface area (Å²) in [5, 5.41) is 14.1. The van der Waals surface area contributed by atoms with Crippen LogP contribution in [0.25, 0.3) is 0 Å². The van der Waals surface area contributed by atoms with Crippen LogP contribution in [0.3, 0.4) is 0 Å². The Morgan fingerprint density at radius 3 is 2.28 bits per heavy atom. The SMILES string of the molecule is O=C(O)CCNC(=O)c1ccc(CN(C(=O)Nc2cc(F)cc(Br)c2)c2ccc(C3CCCCC3)cc2)cc1. The third-order valence-electron chi connectivity index (χ3n) is 6.82. The fourth-order valence-corrected chi connectivity index (χ4v) is 5.25. The van der Waals surface area contributed by atoms with Crippen LogP contribution in [0, 0.1) is 5.82 Å². The number of nitrogens with one attached hydrogen (secondary N) is 2. The van der Waals surface area contributed by atoms with Crippen molar-refractivity contribution in [1.82, 2.24) is 5.32 Å². The first-order chi connectivity index (χ1) is 18.8. The minimum absolute atomic E-state index is 0.0386. The number of carboxylic acid groups (broad SMARTS) is 1. The van der Waals surface area contributed by atoms with Crippen LogP contribution in [-0.2, 0) is 11.3 Å². The molecule has 3 aromatic rings. The van der Waals surface area contributed by atoms with E-state index in [-0.39, 0.29) is 25.4 Å². The molecule has 4 rings (SSSR count). The number of benzene rings is 3. The Morgan fingerprint density at radius 2 is 1.64 bits per heavy atom. The molecule has 1 fully saturated rings. The second-order valence-corrected chi connectivity index (χ2v) is 10.6. The molecule has 0 saturated heterocycles. The van der Waals surface area contributed by atoms with E-state index in [4.69, 9.17) is 5.11 Å². The minimum atomic E-state index is -0.985. The Kier molecular flexibility index (Phi) is 9.70. The van der Waals surface area contributed by atoms with Crippen molar-refractivity contribution >= 4 is 45.2 Å². The van der Waals surface area contributed by atoms with E-state index >= 15 is 0 Å². The van der Waals surface area contributed by atoms with Crippen molar-refractivity contribution in [3.8, 4) is 0 Å². The number of halogens is 2. The summed E-state index contributed by atoms with van der Waals surface area (Å²) in [6.45, 7) is 0.253. The van der Waals surface area contributed by atoms with Gasteiger partial charge in [-0.05, 0) is 72.4 Å². The molecule has 0 spiro atoms. The van der Waals surface area contributed by atoms with Gasteiger partial charge in [-0.1, -0.05) is 59.5 Å². The van der Waals surface area contributed by atoms with Crippen LogP contribution in [0.1, 0.15) is 65.9 Å². The van der Waals surface area contributed by atoms with Crippen molar-refractivity contribution in [2.24, 2.45) is 0 Å². The number of nitrogens with zero attached hydrogens (tertiary/aromatic N) is 1. The van der Waals surface area contributed by atoms with Crippen molar-refractivity contribution in [3.63, 3.8) is 0 Å². The van der Waals surface area contributed by atoms with Gasteiger partial charge in [0.1, 0.15) is 5.82 Å². The average Bonchev–Trinajstić information content (AvgIpc) is 2.92. The molecule has 3 aromatic carbocycles. The van der Waals surface area contributed by atoms with Gasteiger partial charge in [-0.2, -0.15) is 0 Å². The molecular formula is C30H31BrFN3O4. The molecule has 3 N–H and O–H groups in total. The molecule has 3 amide bonds. The summed E-state index contributed by atoms with van der Waals surface area (Å²) in [6, 6.07) is 18.6. The van der Waals surface area contributed by atoms with Crippen molar-refractivity contribution in [2.45, 2.75) is 51.0 Å². The molecule has 0 atom stereocenters. The van der Waals surface area contributed by atoms with Crippen molar-refractivity contribution in [1.29, 1.82) is 0 Å². The second kappa shape index (κ2) is 13.4. The lowest BCUT2D eigenvalue weighted by Crippen LogP contribution is -2.34. The van der Waals surface area contributed by atoms with E-state index in [2.05, 4.69) is 38.7 Å². The monoisotopic (exact) mass is 595 g/mol. The molecule has 0 unspecified atom stereocenters. The minimum Gasteiger partial charge on any atom is -0.481 e. The van der Waals surface area contributed by atoms with Gasteiger partial charge in [0.15, 0.2) is 0 Å². The van der Waals surface area contributed by atoms with Gasteiger partial charge in [-0.15, -0.1) is 0 Å². The molecular weight excluding hydrogens is 565 g/mol. The zero-order chi connectivity index (χ0) is 27.8. The van der Waals surface area contributed by atoms with Gasteiger partial charge >= 0.3 is 12.0 Å². The predicted molar refractivity (Wildman–Crippen MR) is 153 cm³/mol. The molecule has 0 radical (unpaired) electrons. The van der Waals surface area contributed by atoms with Crippen LogP contribution < -0.4 is 15.5 Å². The molecule has 0 bridgehead atoms. The first kappa shape index (κ1) is 28.3. The largest absolute Gasteiger partial charge is 0.481 e. The second-order valence-electron chi connectivity index (χ2n) is 9.70. The first-order valence-corrected chi connectivity index (χ1v) is 13.8. The zero-order valence-corrected chi connectivity index (χ0v) is 23.0. The number of anilines is 2. The molecule has 0 aromatic heterocycles. The Morgan fingerprint density at radius 1 is 0.949 bits per heavy atom. The maximum Gasteiger partial charge on any atom is 0.326 e. The number of rotatable bonds is 9. The number of hydrogen-bond donors (Lipinski definition) is 3. The van der Waals surface area contributed by atoms with Gasteiger partial charge in [0.25, 0.3) is 5.91 Å². The summed E-state index contributed by atoms with van der Waals surface area (Å²) in [4.78, 5) is 38.0. The van der Waals surface area contributed by atoms with Gasteiger partial charge in [-0.25, -0.2) is 9.18 Å². The number of carbonyl (C=O) groups excluding carboxylic acids is 2. The van der Waals surface area contributed by atoms with Gasteiger partial charge in [0.2, 0.25) is 0 Å². The fourth-order valence-electron chi connectivity index (χ4n) is 4.79. The van der Waals surface area contributed by atoms with E-state index in [1.165, 1.54) is 49.8 Å². The Labute approximate surface area is 235 Å². The van der Waals surface area contributed by atoms with Gasteiger partial charge < -0.3 is 15.7 Å². The smallest absolute Gasteiger partial charge is 0.326 e. The number of aliphatic carboxylic acids is 1. The van der Waals surface area contributed by atoms with E-state index in [0.717, 1.165) is 5.56 Å². The van der Waals surface area contributed by atoms with Gasteiger partial charge in [0.05, 0.1) is 13.0 Å². The molecule has 39 heavy (non-hydrogen) atoms. The van der Waals surface area contributed by atoms with E-state index in [1.807, 2.05) is 12.1 Å². The van der Waals surface area contributed by atoms with Crippen molar-refractivity contribution in [2.75, 3.05) is 16.8 Å². The lowest BCUT2D eigenvalue weighted by atomic mass is 9.84. The maximum absolute atomic E-state index is 13.9. The number of urea groups is 1. The maximum atomic E-state index is 13.9. The summed E-state index contributed by atoms with van der Waals surface area (Å²) >= 11 is 3.26. The quantitative estimate of drug-likeness (QED) is 0.246. The molecule has 7 nitrogen and oxygen atoms in total. The number of carboxylic acids is 1. The normalized spacial score (nSPS) is 13.5. The highest BCUT2D eigenvalue weighted by Crippen LogP contribution is 2.33. The lowest BCUT2D eigenvalue weighted by molar-refractivity contribution is -0.136.